The largest absolute Gasteiger partial charge is 0.444 e. The minimum atomic E-state index is -0.725. The van der Waals surface area contributed by atoms with Gasteiger partial charge < -0.3 is 16.2 Å². The van der Waals surface area contributed by atoms with Crippen molar-refractivity contribution in [3.8, 4) is 0 Å². The molecule has 0 saturated heterocycles. The fourth-order valence-electron chi connectivity index (χ4n) is 0.302. The smallest absolute Gasteiger partial charge is 0.405 e. The van der Waals surface area contributed by atoms with E-state index in [-0.39, 0.29) is 0 Å². The van der Waals surface area contributed by atoms with Gasteiger partial charge in [0, 0.05) is 0 Å². The van der Waals surface area contributed by atoms with E-state index in [9.17, 15) is 4.79 Å². The second-order valence-electron chi connectivity index (χ2n) is 3.32. The molecule has 0 bridgehead atoms. The Morgan fingerprint density at radius 1 is 1.42 bits per heavy atom. The van der Waals surface area contributed by atoms with Crippen LogP contribution in [0.2, 0.25) is 0 Å². The molecule has 0 saturated carbocycles. The van der Waals surface area contributed by atoms with Crippen LogP contribution in [0.5, 0.6) is 0 Å². The summed E-state index contributed by atoms with van der Waals surface area (Å²) in [5.74, 6) is 0. The Kier molecular flexibility index (Phi) is 7.94. The van der Waals surface area contributed by atoms with Crippen molar-refractivity contribution in [2.24, 2.45) is 11.5 Å². The van der Waals surface area contributed by atoms with Gasteiger partial charge in [0.1, 0.15) is 5.60 Å². The number of amides is 1. The Morgan fingerprint density at radius 2 is 1.75 bits per heavy atom. The van der Waals surface area contributed by atoms with Gasteiger partial charge in [-0.15, -0.1) is 0 Å². The van der Waals surface area contributed by atoms with Crippen LogP contribution in [0.25, 0.3) is 0 Å². The Morgan fingerprint density at radius 3 is 1.75 bits per heavy atom. The lowest BCUT2D eigenvalue weighted by molar-refractivity contribution is 0.0600. The highest BCUT2D eigenvalue weighted by atomic mass is 16.6. The fourth-order valence-corrected chi connectivity index (χ4v) is 0.302. The molecule has 0 aromatic heterocycles. The first-order chi connectivity index (χ1) is 5.33. The van der Waals surface area contributed by atoms with Crippen LogP contribution in [0.4, 0.5) is 4.79 Å². The number of nitrogens with two attached hydrogens (primary N) is 2. The molecule has 4 heteroatoms. The maximum Gasteiger partial charge on any atom is 0.405 e. The summed E-state index contributed by atoms with van der Waals surface area (Å²) in [5, 5.41) is 0. The Balaban J connectivity index is 0. The molecule has 0 aliphatic carbocycles. The van der Waals surface area contributed by atoms with Gasteiger partial charge in [0.2, 0.25) is 0 Å². The molecule has 0 fully saturated rings. The predicted octanol–water partition coefficient (Wildman–Crippen LogP) is 1.24. The van der Waals surface area contributed by atoms with E-state index in [0.29, 0.717) is 0 Å². The monoisotopic (exact) mass is 176 g/mol. The van der Waals surface area contributed by atoms with Crippen LogP contribution >= 0.6 is 0 Å². The number of rotatable bonds is 1. The first-order valence-electron chi connectivity index (χ1n) is 4.02. The van der Waals surface area contributed by atoms with Gasteiger partial charge in [0.05, 0.1) is 0 Å². The summed E-state index contributed by atoms with van der Waals surface area (Å²) < 4.78 is 4.58. The van der Waals surface area contributed by atoms with Crippen molar-refractivity contribution in [1.29, 1.82) is 0 Å². The van der Waals surface area contributed by atoms with Crippen molar-refractivity contribution < 1.29 is 9.53 Å². The third-order valence-corrected chi connectivity index (χ3v) is 0.695. The number of hydrogen-bond donors (Lipinski definition) is 2. The molecule has 0 aromatic rings. The van der Waals surface area contributed by atoms with E-state index in [0.717, 1.165) is 13.0 Å². The quantitative estimate of drug-likeness (QED) is 0.630. The molecule has 0 aliphatic heterocycles. The van der Waals surface area contributed by atoms with Gasteiger partial charge in [0.15, 0.2) is 0 Å². The molecule has 12 heavy (non-hydrogen) atoms. The van der Waals surface area contributed by atoms with Crippen LogP contribution in [0.3, 0.4) is 0 Å². The first kappa shape index (κ1) is 13.8. The molecule has 74 valence electrons. The van der Waals surface area contributed by atoms with Crippen LogP contribution in [-0.4, -0.2) is 18.2 Å². The van der Waals surface area contributed by atoms with Crippen molar-refractivity contribution in [3.05, 3.63) is 0 Å². The van der Waals surface area contributed by atoms with Crippen LogP contribution in [-0.2, 0) is 4.74 Å². The second kappa shape index (κ2) is 6.91. The Labute approximate surface area is 74.3 Å². The molecule has 0 aromatic carbocycles. The zero-order valence-electron chi connectivity index (χ0n) is 8.39. The van der Waals surface area contributed by atoms with E-state index >= 15 is 0 Å². The third-order valence-electron chi connectivity index (χ3n) is 0.695. The summed E-state index contributed by atoms with van der Waals surface area (Å²) in [6.45, 7) is 8.16. The number of ether oxygens (including phenoxy) is 1. The van der Waals surface area contributed by atoms with E-state index < -0.39 is 11.7 Å². The van der Waals surface area contributed by atoms with Crippen LogP contribution in [0, 0.1) is 0 Å². The van der Waals surface area contributed by atoms with E-state index in [1.54, 1.807) is 20.8 Å². The van der Waals surface area contributed by atoms with Crippen molar-refractivity contribution in [2.75, 3.05) is 6.54 Å². The zero-order valence-corrected chi connectivity index (χ0v) is 8.39. The van der Waals surface area contributed by atoms with Crippen LogP contribution in [0.15, 0.2) is 0 Å². The van der Waals surface area contributed by atoms with Crippen molar-refractivity contribution in [2.45, 2.75) is 39.7 Å². The Bertz CT molecular complexity index is 117. The van der Waals surface area contributed by atoms with Gasteiger partial charge in [-0.1, -0.05) is 6.92 Å². The summed E-state index contributed by atoms with van der Waals surface area (Å²) in [7, 11) is 0. The molecule has 0 rings (SSSR count). The Hall–Kier alpha value is -0.770. The van der Waals surface area contributed by atoms with Crippen LogP contribution in [0.1, 0.15) is 34.1 Å². The molecule has 4 N–H and O–H groups in total. The van der Waals surface area contributed by atoms with E-state index in [4.69, 9.17) is 11.5 Å². The van der Waals surface area contributed by atoms with Crippen molar-refractivity contribution in [1.82, 2.24) is 0 Å². The lowest BCUT2D eigenvalue weighted by Crippen LogP contribution is -2.27. The van der Waals surface area contributed by atoms with Gasteiger partial charge in [-0.3, -0.25) is 0 Å². The number of primary amides is 1. The topological polar surface area (TPSA) is 78.3 Å². The van der Waals surface area contributed by atoms with Crippen LogP contribution < -0.4 is 11.5 Å². The van der Waals surface area contributed by atoms with E-state index in [2.05, 4.69) is 11.7 Å². The number of hydrogen-bond acceptors (Lipinski definition) is 3. The average Bonchev–Trinajstić information content (AvgIpc) is 1.83. The van der Waals surface area contributed by atoms with Crippen molar-refractivity contribution >= 4 is 6.09 Å². The van der Waals surface area contributed by atoms with Gasteiger partial charge in [-0.25, -0.2) is 4.79 Å². The molecule has 4 nitrogen and oxygen atoms in total. The molecule has 0 heterocycles. The normalized spacial score (nSPS) is 9.75. The number of carbonyl (C=O) groups is 1. The minimum Gasteiger partial charge on any atom is -0.444 e. The highest BCUT2D eigenvalue weighted by molar-refractivity contribution is 5.65. The molecular formula is C8H20N2O2. The minimum absolute atomic E-state index is 0.453. The molecule has 0 aliphatic rings. The lowest BCUT2D eigenvalue weighted by Gasteiger charge is -2.16. The molecule has 0 unspecified atom stereocenters. The fraction of sp³-hybridized carbons (Fsp3) is 0.875. The molecular weight excluding hydrogens is 156 g/mol. The molecule has 0 spiro atoms. The zero-order chi connectivity index (χ0) is 10.2. The highest BCUT2D eigenvalue weighted by Crippen LogP contribution is 2.04. The summed E-state index contributed by atoms with van der Waals surface area (Å²) in [6, 6.07) is 0. The molecule has 0 radical (unpaired) electrons. The van der Waals surface area contributed by atoms with Gasteiger partial charge in [-0.2, -0.15) is 0 Å². The third kappa shape index (κ3) is 22.9. The summed E-state index contributed by atoms with van der Waals surface area (Å²) >= 11 is 0. The van der Waals surface area contributed by atoms with Crippen molar-refractivity contribution in [3.63, 3.8) is 0 Å². The SMILES string of the molecule is CC(C)(C)OC(N)=O.CCCN. The number of carbonyl (C=O) groups excluding carboxylic acids is 1. The molecule has 0 atom stereocenters. The average molecular weight is 176 g/mol. The van der Waals surface area contributed by atoms with E-state index in [1.807, 2.05) is 0 Å². The predicted molar refractivity (Wildman–Crippen MR) is 49.8 cm³/mol. The second-order valence-corrected chi connectivity index (χ2v) is 3.32. The summed E-state index contributed by atoms with van der Waals surface area (Å²) in [4.78, 5) is 10.0. The highest BCUT2D eigenvalue weighted by Gasteiger charge is 2.12. The van der Waals surface area contributed by atoms with E-state index in [1.165, 1.54) is 0 Å². The first-order valence-corrected chi connectivity index (χ1v) is 4.02. The van der Waals surface area contributed by atoms with Gasteiger partial charge >= 0.3 is 6.09 Å². The van der Waals surface area contributed by atoms with Gasteiger partial charge in [0.25, 0.3) is 0 Å². The standard InChI is InChI=1S/C5H11NO2.C3H9N/c1-5(2,3)8-4(6)7;1-2-3-4/h1-3H3,(H2,6,7);2-4H2,1H3. The summed E-state index contributed by atoms with van der Waals surface area (Å²) in [6.07, 6.45) is 0.373. The molecule has 1 amide bonds. The summed E-state index contributed by atoms with van der Waals surface area (Å²) in [5.41, 5.74) is 9.29. The van der Waals surface area contributed by atoms with Gasteiger partial charge in [-0.05, 0) is 33.7 Å². The maximum atomic E-state index is 10.0. The lowest BCUT2D eigenvalue weighted by atomic mass is 10.2. The maximum absolute atomic E-state index is 10.0.